The number of ether oxygens (including phenoxy) is 2. The Morgan fingerprint density at radius 2 is 1.86 bits per heavy atom. The summed E-state index contributed by atoms with van der Waals surface area (Å²) in [6, 6.07) is 4.03. The molecule has 0 spiro atoms. The molecule has 7 heteroatoms. The van der Waals surface area contributed by atoms with Gasteiger partial charge in [-0.2, -0.15) is 0 Å². The second-order valence-corrected chi connectivity index (χ2v) is 5.14. The molecule has 0 aromatic heterocycles. The van der Waals surface area contributed by atoms with E-state index in [2.05, 4.69) is 9.47 Å². The molecule has 0 saturated heterocycles. The van der Waals surface area contributed by atoms with Crippen molar-refractivity contribution in [2.45, 2.75) is 20.3 Å². The lowest BCUT2D eigenvalue weighted by molar-refractivity contribution is -0.385. The Hall–Kier alpha value is -2.44. The second kappa shape index (κ2) is 6.34. The number of carbonyl (C=O) groups is 2. The zero-order valence-electron chi connectivity index (χ0n) is 12.3. The standard InChI is InChI=1S/C14H17NO6/c1-14(2,13(17)21-4)8-10-6-5-9(12(16)20-3)7-11(10)15(18)19/h5-7H,8H2,1-4H3. The Labute approximate surface area is 122 Å². The number of nitro groups is 1. The number of hydrogen-bond acceptors (Lipinski definition) is 6. The average Bonchev–Trinajstić information content (AvgIpc) is 2.45. The maximum absolute atomic E-state index is 11.7. The summed E-state index contributed by atoms with van der Waals surface area (Å²) in [5, 5.41) is 11.1. The summed E-state index contributed by atoms with van der Waals surface area (Å²) in [6.45, 7) is 3.27. The maximum atomic E-state index is 11.7. The van der Waals surface area contributed by atoms with Gasteiger partial charge in [0.05, 0.1) is 30.1 Å². The monoisotopic (exact) mass is 295 g/mol. The summed E-state index contributed by atoms with van der Waals surface area (Å²) < 4.78 is 9.22. The molecule has 21 heavy (non-hydrogen) atoms. The van der Waals surface area contributed by atoms with E-state index in [0.29, 0.717) is 5.56 Å². The molecule has 0 amide bonds. The van der Waals surface area contributed by atoms with Crippen molar-refractivity contribution in [2.24, 2.45) is 5.41 Å². The van der Waals surface area contributed by atoms with Crippen LogP contribution in [0.1, 0.15) is 29.8 Å². The minimum absolute atomic E-state index is 0.0869. The predicted molar refractivity (Wildman–Crippen MR) is 73.9 cm³/mol. The van der Waals surface area contributed by atoms with E-state index in [-0.39, 0.29) is 17.7 Å². The SMILES string of the molecule is COC(=O)c1ccc(CC(C)(C)C(=O)OC)c([N+](=O)[O-])c1. The van der Waals surface area contributed by atoms with E-state index >= 15 is 0 Å². The molecular weight excluding hydrogens is 278 g/mol. The first-order valence-corrected chi connectivity index (χ1v) is 6.17. The molecule has 0 radical (unpaired) electrons. The van der Waals surface area contributed by atoms with Gasteiger partial charge in [-0.1, -0.05) is 6.07 Å². The number of nitro benzene ring substituents is 1. The normalized spacial score (nSPS) is 10.9. The number of carbonyl (C=O) groups excluding carboxylic acids is 2. The van der Waals surface area contributed by atoms with Crippen molar-refractivity contribution in [3.05, 3.63) is 39.4 Å². The number of methoxy groups -OCH3 is 2. The van der Waals surface area contributed by atoms with Crippen molar-refractivity contribution in [1.82, 2.24) is 0 Å². The summed E-state index contributed by atoms with van der Waals surface area (Å²) in [5.74, 6) is -1.12. The van der Waals surface area contributed by atoms with Crippen LogP contribution in [0.5, 0.6) is 0 Å². The first kappa shape index (κ1) is 16.6. The molecule has 1 aromatic carbocycles. The van der Waals surface area contributed by atoms with Crippen LogP contribution in [-0.2, 0) is 20.7 Å². The lowest BCUT2D eigenvalue weighted by Gasteiger charge is -2.21. The van der Waals surface area contributed by atoms with Crippen molar-refractivity contribution >= 4 is 17.6 Å². The number of hydrogen-bond donors (Lipinski definition) is 0. The topological polar surface area (TPSA) is 95.7 Å². The minimum atomic E-state index is -0.910. The molecule has 0 aliphatic carbocycles. The highest BCUT2D eigenvalue weighted by atomic mass is 16.6. The number of rotatable bonds is 5. The third-order valence-corrected chi connectivity index (χ3v) is 3.07. The molecule has 0 atom stereocenters. The van der Waals surface area contributed by atoms with E-state index in [1.54, 1.807) is 13.8 Å². The Morgan fingerprint density at radius 1 is 1.24 bits per heavy atom. The fourth-order valence-electron chi connectivity index (χ4n) is 1.95. The van der Waals surface area contributed by atoms with Crippen molar-refractivity contribution < 1.29 is 24.0 Å². The van der Waals surface area contributed by atoms with Crippen LogP contribution in [0.2, 0.25) is 0 Å². The van der Waals surface area contributed by atoms with Gasteiger partial charge in [-0.3, -0.25) is 14.9 Å². The van der Waals surface area contributed by atoms with Crippen LogP contribution in [0, 0.1) is 15.5 Å². The molecule has 7 nitrogen and oxygen atoms in total. The quantitative estimate of drug-likeness (QED) is 0.469. The van der Waals surface area contributed by atoms with Crippen LogP contribution < -0.4 is 0 Å². The smallest absolute Gasteiger partial charge is 0.338 e. The minimum Gasteiger partial charge on any atom is -0.469 e. The average molecular weight is 295 g/mol. The summed E-state index contributed by atoms with van der Waals surface area (Å²) >= 11 is 0. The first-order chi connectivity index (χ1) is 9.72. The van der Waals surface area contributed by atoms with E-state index < -0.39 is 22.3 Å². The highest BCUT2D eigenvalue weighted by Crippen LogP contribution is 2.29. The van der Waals surface area contributed by atoms with E-state index in [1.165, 1.54) is 26.4 Å². The molecule has 1 aromatic rings. The van der Waals surface area contributed by atoms with Crippen LogP contribution in [0.4, 0.5) is 5.69 Å². The molecule has 1 rings (SSSR count). The molecule has 0 aliphatic heterocycles. The van der Waals surface area contributed by atoms with E-state index in [0.717, 1.165) is 6.07 Å². The van der Waals surface area contributed by atoms with Crippen LogP contribution >= 0.6 is 0 Å². The lowest BCUT2D eigenvalue weighted by atomic mass is 9.85. The van der Waals surface area contributed by atoms with Crippen molar-refractivity contribution in [3.8, 4) is 0 Å². The van der Waals surface area contributed by atoms with Gasteiger partial charge in [-0.05, 0) is 26.3 Å². The fourth-order valence-corrected chi connectivity index (χ4v) is 1.95. The van der Waals surface area contributed by atoms with Crippen LogP contribution in [0.15, 0.2) is 18.2 Å². The highest BCUT2D eigenvalue weighted by molar-refractivity contribution is 5.90. The summed E-state index contributed by atoms with van der Waals surface area (Å²) in [4.78, 5) is 33.7. The van der Waals surface area contributed by atoms with Gasteiger partial charge in [0.15, 0.2) is 0 Å². The van der Waals surface area contributed by atoms with E-state index in [1.807, 2.05) is 0 Å². The zero-order chi connectivity index (χ0) is 16.2. The maximum Gasteiger partial charge on any atom is 0.338 e. The molecule has 114 valence electrons. The van der Waals surface area contributed by atoms with Gasteiger partial charge in [0.1, 0.15) is 0 Å². The summed E-state index contributed by atoms with van der Waals surface area (Å²) in [5.41, 5.74) is -0.700. The van der Waals surface area contributed by atoms with E-state index in [4.69, 9.17) is 0 Å². The number of benzene rings is 1. The summed E-state index contributed by atoms with van der Waals surface area (Å²) in [7, 11) is 2.46. The Bertz CT molecular complexity index is 579. The third kappa shape index (κ3) is 3.77. The zero-order valence-corrected chi connectivity index (χ0v) is 12.3. The van der Waals surface area contributed by atoms with Gasteiger partial charge >= 0.3 is 11.9 Å². The molecular formula is C14H17NO6. The van der Waals surface area contributed by atoms with Crippen LogP contribution in [0.25, 0.3) is 0 Å². The van der Waals surface area contributed by atoms with Gasteiger partial charge in [0.25, 0.3) is 5.69 Å². The van der Waals surface area contributed by atoms with Crippen LogP contribution in [0.3, 0.4) is 0 Å². The van der Waals surface area contributed by atoms with Crippen LogP contribution in [-0.4, -0.2) is 31.1 Å². The molecule has 0 heterocycles. The highest BCUT2D eigenvalue weighted by Gasteiger charge is 2.32. The number of esters is 2. The fraction of sp³-hybridized carbons (Fsp3) is 0.429. The van der Waals surface area contributed by atoms with Gasteiger partial charge in [-0.15, -0.1) is 0 Å². The van der Waals surface area contributed by atoms with Crippen molar-refractivity contribution in [2.75, 3.05) is 14.2 Å². The molecule has 0 saturated carbocycles. The Kier molecular flexibility index (Phi) is 5.02. The van der Waals surface area contributed by atoms with Crippen molar-refractivity contribution in [1.29, 1.82) is 0 Å². The largest absolute Gasteiger partial charge is 0.469 e. The number of nitrogens with zero attached hydrogens (tertiary/aromatic N) is 1. The van der Waals surface area contributed by atoms with Crippen molar-refractivity contribution in [3.63, 3.8) is 0 Å². The molecule has 0 bridgehead atoms. The first-order valence-electron chi connectivity index (χ1n) is 6.17. The summed E-state index contributed by atoms with van der Waals surface area (Å²) in [6.07, 6.45) is 0.122. The molecule has 0 fully saturated rings. The molecule has 0 N–H and O–H groups in total. The van der Waals surface area contributed by atoms with Gasteiger partial charge < -0.3 is 9.47 Å². The third-order valence-electron chi connectivity index (χ3n) is 3.07. The molecule has 0 aliphatic rings. The van der Waals surface area contributed by atoms with Gasteiger partial charge in [-0.25, -0.2) is 4.79 Å². The Balaban J connectivity index is 3.22. The second-order valence-electron chi connectivity index (χ2n) is 5.14. The van der Waals surface area contributed by atoms with Gasteiger partial charge in [0.2, 0.25) is 0 Å². The molecule has 0 unspecified atom stereocenters. The predicted octanol–water partition coefficient (Wildman–Crippen LogP) is 2.12. The van der Waals surface area contributed by atoms with Gasteiger partial charge in [0, 0.05) is 11.6 Å². The Morgan fingerprint density at radius 3 is 2.33 bits per heavy atom. The van der Waals surface area contributed by atoms with E-state index in [9.17, 15) is 19.7 Å². The lowest BCUT2D eigenvalue weighted by Crippen LogP contribution is -2.28.